The van der Waals surface area contributed by atoms with Gasteiger partial charge in [0.1, 0.15) is 6.33 Å². The summed E-state index contributed by atoms with van der Waals surface area (Å²) in [7, 11) is 0. The molecule has 29 heavy (non-hydrogen) atoms. The predicted molar refractivity (Wildman–Crippen MR) is 113 cm³/mol. The summed E-state index contributed by atoms with van der Waals surface area (Å²) in [6.45, 7) is 3.55. The second kappa shape index (κ2) is 9.31. The maximum atomic E-state index is 13.1. The number of carbonyl (C=O) groups excluding carboxylic acids is 1. The van der Waals surface area contributed by atoms with Gasteiger partial charge in [-0.1, -0.05) is 36.4 Å². The summed E-state index contributed by atoms with van der Waals surface area (Å²) in [5.41, 5.74) is 3.27. The largest absolute Gasteiger partial charge is 0.373 e. The molecule has 0 radical (unpaired) electrons. The molecule has 1 aromatic heterocycles. The number of benzene rings is 1. The second-order valence-electron chi connectivity index (χ2n) is 7.89. The highest BCUT2D eigenvalue weighted by Crippen LogP contribution is 2.33. The summed E-state index contributed by atoms with van der Waals surface area (Å²) >= 11 is 0. The molecule has 1 fully saturated rings. The molecule has 2 aliphatic rings. The number of rotatable bonds is 5. The fourth-order valence-electron chi connectivity index (χ4n) is 4.48. The maximum absolute atomic E-state index is 13.1. The van der Waals surface area contributed by atoms with Crippen molar-refractivity contribution in [2.45, 2.75) is 51.2 Å². The summed E-state index contributed by atoms with van der Waals surface area (Å²) in [5, 5.41) is 0. The van der Waals surface area contributed by atoms with Crippen LogP contribution in [0, 0.1) is 5.92 Å². The zero-order chi connectivity index (χ0) is 20.1. The quantitative estimate of drug-likeness (QED) is 0.701. The van der Waals surface area contributed by atoms with Crippen LogP contribution in [0.2, 0.25) is 0 Å². The Morgan fingerprint density at radius 2 is 1.90 bits per heavy atom. The lowest BCUT2D eigenvalue weighted by Gasteiger charge is -2.39. The van der Waals surface area contributed by atoms with E-state index in [0.717, 1.165) is 49.8 Å². The van der Waals surface area contributed by atoms with Crippen molar-refractivity contribution in [2.75, 3.05) is 13.2 Å². The summed E-state index contributed by atoms with van der Waals surface area (Å²) in [5.74, 6) is 0.468. The first kappa shape index (κ1) is 19.8. The SMILES string of the molecule is CCN(C(=O)[C@H]1CC=CCC1)[C@H]1CCO[C@@H](c2ccc(-c3cncnc3)cc2)C1. The molecule has 1 aliphatic heterocycles. The summed E-state index contributed by atoms with van der Waals surface area (Å²) in [4.78, 5) is 23.4. The second-order valence-corrected chi connectivity index (χ2v) is 7.89. The van der Waals surface area contributed by atoms with Crippen LogP contribution < -0.4 is 0 Å². The van der Waals surface area contributed by atoms with E-state index in [2.05, 4.69) is 58.2 Å². The van der Waals surface area contributed by atoms with Gasteiger partial charge in [0, 0.05) is 43.1 Å². The Labute approximate surface area is 172 Å². The topological polar surface area (TPSA) is 55.3 Å². The third-order valence-corrected chi connectivity index (χ3v) is 6.12. The molecule has 1 saturated heterocycles. The Hall–Kier alpha value is -2.53. The minimum Gasteiger partial charge on any atom is -0.373 e. The highest BCUT2D eigenvalue weighted by atomic mass is 16.5. The van der Waals surface area contributed by atoms with E-state index in [-0.39, 0.29) is 18.1 Å². The van der Waals surface area contributed by atoms with Crippen molar-refractivity contribution >= 4 is 5.91 Å². The molecule has 2 heterocycles. The molecule has 0 N–H and O–H groups in total. The van der Waals surface area contributed by atoms with E-state index in [4.69, 9.17) is 4.74 Å². The zero-order valence-corrected chi connectivity index (χ0v) is 17.0. The van der Waals surface area contributed by atoms with E-state index >= 15 is 0 Å². The van der Waals surface area contributed by atoms with Gasteiger partial charge in [0.25, 0.3) is 0 Å². The van der Waals surface area contributed by atoms with E-state index in [1.807, 2.05) is 12.4 Å². The van der Waals surface area contributed by atoms with Gasteiger partial charge in [0.15, 0.2) is 0 Å². The lowest BCUT2D eigenvalue weighted by atomic mass is 9.90. The van der Waals surface area contributed by atoms with Crippen molar-refractivity contribution in [1.29, 1.82) is 0 Å². The zero-order valence-electron chi connectivity index (χ0n) is 17.0. The molecule has 1 aliphatic carbocycles. The van der Waals surface area contributed by atoms with Crippen LogP contribution in [0.5, 0.6) is 0 Å². The number of carbonyl (C=O) groups is 1. The Balaban J connectivity index is 1.44. The maximum Gasteiger partial charge on any atom is 0.226 e. The highest BCUT2D eigenvalue weighted by molar-refractivity contribution is 5.79. The molecule has 1 aromatic carbocycles. The van der Waals surface area contributed by atoms with Crippen LogP contribution in [-0.4, -0.2) is 40.0 Å². The lowest BCUT2D eigenvalue weighted by Crippen LogP contribution is -2.46. The summed E-state index contributed by atoms with van der Waals surface area (Å²) in [6.07, 6.45) is 14.2. The Bertz CT molecular complexity index is 835. The first-order chi connectivity index (χ1) is 14.3. The predicted octanol–water partition coefficient (Wildman–Crippen LogP) is 4.57. The van der Waals surface area contributed by atoms with Crippen molar-refractivity contribution in [3.05, 3.63) is 60.7 Å². The molecule has 1 amide bonds. The molecule has 0 spiro atoms. The lowest BCUT2D eigenvalue weighted by molar-refractivity contribution is -0.141. The van der Waals surface area contributed by atoms with Crippen molar-refractivity contribution in [1.82, 2.24) is 14.9 Å². The molecule has 3 atom stereocenters. The van der Waals surface area contributed by atoms with Gasteiger partial charge in [-0.25, -0.2) is 9.97 Å². The van der Waals surface area contributed by atoms with Crippen molar-refractivity contribution in [3.8, 4) is 11.1 Å². The highest BCUT2D eigenvalue weighted by Gasteiger charge is 2.33. The molecular formula is C24H29N3O2. The summed E-state index contributed by atoms with van der Waals surface area (Å²) < 4.78 is 6.09. The molecular weight excluding hydrogens is 362 g/mol. The van der Waals surface area contributed by atoms with E-state index in [9.17, 15) is 4.79 Å². The molecule has 5 nitrogen and oxygen atoms in total. The van der Waals surface area contributed by atoms with Gasteiger partial charge in [-0.3, -0.25) is 4.79 Å². The Morgan fingerprint density at radius 3 is 2.59 bits per heavy atom. The molecule has 5 heteroatoms. The fraction of sp³-hybridized carbons (Fsp3) is 0.458. The normalized spacial score (nSPS) is 24.2. The first-order valence-electron chi connectivity index (χ1n) is 10.7. The van der Waals surface area contributed by atoms with Crippen molar-refractivity contribution in [3.63, 3.8) is 0 Å². The molecule has 0 bridgehead atoms. The number of allylic oxidation sites excluding steroid dienone is 2. The number of hydrogen-bond acceptors (Lipinski definition) is 4. The van der Waals surface area contributed by atoms with E-state index in [1.165, 1.54) is 11.9 Å². The van der Waals surface area contributed by atoms with Gasteiger partial charge in [-0.05, 0) is 50.2 Å². The van der Waals surface area contributed by atoms with Gasteiger partial charge >= 0.3 is 0 Å². The van der Waals surface area contributed by atoms with E-state index in [0.29, 0.717) is 12.5 Å². The van der Waals surface area contributed by atoms with Gasteiger partial charge in [-0.15, -0.1) is 0 Å². The number of aromatic nitrogens is 2. The van der Waals surface area contributed by atoms with Crippen molar-refractivity contribution < 1.29 is 9.53 Å². The average Bonchev–Trinajstić information content (AvgIpc) is 2.81. The molecule has 4 rings (SSSR count). The number of nitrogens with zero attached hydrogens (tertiary/aromatic N) is 3. The van der Waals surface area contributed by atoms with Crippen LogP contribution in [0.4, 0.5) is 0 Å². The minimum absolute atomic E-state index is 0.0305. The minimum atomic E-state index is 0.0305. The van der Waals surface area contributed by atoms with Crippen LogP contribution in [0.25, 0.3) is 11.1 Å². The molecule has 0 unspecified atom stereocenters. The fourth-order valence-corrected chi connectivity index (χ4v) is 4.48. The van der Waals surface area contributed by atoms with E-state index < -0.39 is 0 Å². The Morgan fingerprint density at radius 1 is 1.10 bits per heavy atom. The van der Waals surface area contributed by atoms with Crippen molar-refractivity contribution in [2.24, 2.45) is 5.92 Å². The van der Waals surface area contributed by atoms with Crippen LogP contribution in [0.3, 0.4) is 0 Å². The summed E-state index contributed by atoms with van der Waals surface area (Å²) in [6, 6.07) is 8.69. The first-order valence-corrected chi connectivity index (χ1v) is 10.7. The standard InChI is InChI=1S/C24H29N3O2/c1-2-27(24(28)20-6-4-3-5-7-20)22-12-13-29-23(14-22)19-10-8-18(9-11-19)21-15-25-17-26-16-21/h3-4,8-11,15-17,20,22-23H,2,5-7,12-14H2,1H3/t20-,22-,23+/m0/s1. The smallest absolute Gasteiger partial charge is 0.226 e. The van der Waals surface area contributed by atoms with Crippen LogP contribution >= 0.6 is 0 Å². The average molecular weight is 392 g/mol. The third kappa shape index (κ3) is 4.56. The van der Waals surface area contributed by atoms with Gasteiger partial charge in [-0.2, -0.15) is 0 Å². The monoisotopic (exact) mass is 391 g/mol. The van der Waals surface area contributed by atoms with Gasteiger partial charge < -0.3 is 9.64 Å². The third-order valence-electron chi connectivity index (χ3n) is 6.12. The number of ether oxygens (including phenoxy) is 1. The van der Waals surface area contributed by atoms with Crippen LogP contribution in [0.15, 0.2) is 55.1 Å². The Kier molecular flexibility index (Phi) is 6.35. The number of hydrogen-bond donors (Lipinski definition) is 0. The molecule has 2 aromatic rings. The van der Waals surface area contributed by atoms with E-state index in [1.54, 1.807) is 0 Å². The molecule has 152 valence electrons. The van der Waals surface area contributed by atoms with Crippen LogP contribution in [0.1, 0.15) is 50.7 Å². The number of amides is 1. The van der Waals surface area contributed by atoms with Gasteiger partial charge in [0.05, 0.1) is 6.10 Å². The van der Waals surface area contributed by atoms with Crippen LogP contribution in [-0.2, 0) is 9.53 Å². The molecule has 0 saturated carbocycles. The van der Waals surface area contributed by atoms with Gasteiger partial charge in [0.2, 0.25) is 5.91 Å².